The molecule has 1 aromatic heterocycles. The van der Waals surface area contributed by atoms with Crippen LogP contribution in [0, 0.1) is 0 Å². The molecule has 9 heteroatoms. The predicted molar refractivity (Wildman–Crippen MR) is 126 cm³/mol. The van der Waals surface area contributed by atoms with Gasteiger partial charge in [0.15, 0.2) is 0 Å². The van der Waals surface area contributed by atoms with Crippen molar-refractivity contribution in [2.45, 2.75) is 78.1 Å². The summed E-state index contributed by atoms with van der Waals surface area (Å²) >= 11 is 12.8. The molecule has 3 rings (SSSR count). The van der Waals surface area contributed by atoms with Gasteiger partial charge in [0.2, 0.25) is 0 Å². The van der Waals surface area contributed by atoms with Crippen LogP contribution < -0.4 is 0 Å². The fourth-order valence-corrected chi connectivity index (χ4v) is 4.26. The predicted octanol–water partition coefficient (Wildman–Crippen LogP) is 6.00. The molecule has 2 heterocycles. The van der Waals surface area contributed by atoms with Crippen LogP contribution in [0.15, 0.2) is 18.2 Å². The number of likely N-dealkylation sites (tertiary alicyclic amines) is 1. The number of benzene rings is 1. The number of carbonyl (C=O) groups is 1. The average molecular weight is 483 g/mol. The zero-order valence-corrected chi connectivity index (χ0v) is 20.9. The molecule has 176 valence electrons. The molecule has 1 unspecified atom stereocenters. The van der Waals surface area contributed by atoms with Crippen LogP contribution in [0.5, 0.6) is 0 Å². The summed E-state index contributed by atoms with van der Waals surface area (Å²) in [6.07, 6.45) is 2.22. The number of para-hydroxylation sites is 1. The van der Waals surface area contributed by atoms with E-state index in [9.17, 15) is 4.79 Å². The van der Waals surface area contributed by atoms with Crippen molar-refractivity contribution in [3.8, 4) is 5.69 Å². The van der Waals surface area contributed by atoms with Crippen LogP contribution >= 0.6 is 23.2 Å². The van der Waals surface area contributed by atoms with E-state index in [0.717, 1.165) is 30.7 Å². The zero-order chi connectivity index (χ0) is 23.5. The lowest BCUT2D eigenvalue weighted by Crippen LogP contribution is -2.37. The van der Waals surface area contributed by atoms with Gasteiger partial charge in [0.05, 0.1) is 34.1 Å². The second-order valence-electron chi connectivity index (χ2n) is 9.39. The number of amides is 1. The van der Waals surface area contributed by atoms with E-state index in [1.54, 1.807) is 27.8 Å². The van der Waals surface area contributed by atoms with Gasteiger partial charge in [-0.2, -0.15) is 0 Å². The largest absolute Gasteiger partial charge is 0.444 e. The zero-order valence-electron chi connectivity index (χ0n) is 19.4. The summed E-state index contributed by atoms with van der Waals surface area (Å²) < 4.78 is 13.5. The smallest absolute Gasteiger partial charge is 0.410 e. The van der Waals surface area contributed by atoms with Crippen LogP contribution in [0.4, 0.5) is 4.79 Å². The highest BCUT2D eigenvalue weighted by atomic mass is 35.5. The van der Waals surface area contributed by atoms with E-state index in [0.29, 0.717) is 35.4 Å². The van der Waals surface area contributed by atoms with Crippen LogP contribution in [0.1, 0.15) is 71.2 Å². The van der Waals surface area contributed by atoms with E-state index in [1.807, 2.05) is 20.8 Å². The van der Waals surface area contributed by atoms with E-state index >= 15 is 0 Å². The Morgan fingerprint density at radius 2 is 1.88 bits per heavy atom. The highest BCUT2D eigenvalue weighted by Crippen LogP contribution is 2.31. The summed E-state index contributed by atoms with van der Waals surface area (Å²) in [5.41, 5.74) is 1.79. The monoisotopic (exact) mass is 482 g/mol. The van der Waals surface area contributed by atoms with E-state index in [4.69, 9.17) is 32.7 Å². The summed E-state index contributed by atoms with van der Waals surface area (Å²) in [7, 11) is 0. The Morgan fingerprint density at radius 3 is 2.50 bits per heavy atom. The maximum Gasteiger partial charge on any atom is 0.410 e. The van der Waals surface area contributed by atoms with Gasteiger partial charge in [0, 0.05) is 13.1 Å². The number of rotatable bonds is 5. The molecule has 2 aromatic rings. The van der Waals surface area contributed by atoms with Gasteiger partial charge in [0.25, 0.3) is 0 Å². The summed E-state index contributed by atoms with van der Waals surface area (Å²) in [6.45, 7) is 11.4. The van der Waals surface area contributed by atoms with Crippen LogP contribution in [-0.4, -0.2) is 50.8 Å². The highest BCUT2D eigenvalue weighted by molar-refractivity contribution is 6.37. The highest BCUT2D eigenvalue weighted by Gasteiger charge is 2.27. The number of hydrogen-bond donors (Lipinski definition) is 0. The summed E-state index contributed by atoms with van der Waals surface area (Å²) in [4.78, 5) is 14.2. The van der Waals surface area contributed by atoms with Crippen LogP contribution in [0.25, 0.3) is 5.69 Å². The Morgan fingerprint density at radius 1 is 1.19 bits per heavy atom. The van der Waals surface area contributed by atoms with Gasteiger partial charge in [-0.25, -0.2) is 9.48 Å². The SMILES string of the molecule is CC(C)c1nnn(-c2c(Cl)cccc2Cl)c1COC1CCCN(C(=O)OC(C)(C)C)CC1. The first-order chi connectivity index (χ1) is 15.1. The van der Waals surface area contributed by atoms with Crippen molar-refractivity contribution in [3.63, 3.8) is 0 Å². The lowest BCUT2D eigenvalue weighted by atomic mass is 10.1. The van der Waals surface area contributed by atoms with E-state index < -0.39 is 5.60 Å². The van der Waals surface area contributed by atoms with Gasteiger partial charge in [0.1, 0.15) is 11.3 Å². The molecule has 1 saturated heterocycles. The molecule has 1 aliphatic rings. The number of aromatic nitrogens is 3. The summed E-state index contributed by atoms with van der Waals surface area (Å²) in [6, 6.07) is 5.36. The van der Waals surface area contributed by atoms with Gasteiger partial charge in [-0.15, -0.1) is 5.10 Å². The maximum absolute atomic E-state index is 12.4. The Kier molecular flexibility index (Phi) is 8.06. The summed E-state index contributed by atoms with van der Waals surface area (Å²) in [5.74, 6) is 0.167. The molecule has 0 bridgehead atoms. The second-order valence-corrected chi connectivity index (χ2v) is 10.2. The van der Waals surface area contributed by atoms with Crippen molar-refractivity contribution in [1.29, 1.82) is 0 Å². The number of carbonyl (C=O) groups excluding carboxylic acids is 1. The Labute approximate surface area is 200 Å². The fraction of sp³-hybridized carbons (Fsp3) is 0.609. The second kappa shape index (κ2) is 10.4. The van der Waals surface area contributed by atoms with Crippen molar-refractivity contribution < 1.29 is 14.3 Å². The number of nitrogens with zero attached hydrogens (tertiary/aromatic N) is 4. The Balaban J connectivity index is 1.72. The first kappa shape index (κ1) is 24.8. The van der Waals surface area contributed by atoms with Crippen molar-refractivity contribution in [3.05, 3.63) is 39.6 Å². The van der Waals surface area contributed by atoms with E-state index in [1.165, 1.54) is 0 Å². The third-order valence-corrected chi connectivity index (χ3v) is 5.88. The molecule has 0 radical (unpaired) electrons. The topological polar surface area (TPSA) is 69.5 Å². The van der Waals surface area contributed by atoms with Crippen LogP contribution in [-0.2, 0) is 16.1 Å². The standard InChI is InChI=1S/C23H32Cl2N4O3/c1-15(2)20-19(29(27-26-20)21-17(24)9-6-10-18(21)25)14-31-16-8-7-12-28(13-11-16)22(30)32-23(3,4)5/h6,9-10,15-16H,7-8,11-14H2,1-5H3. The third kappa shape index (κ3) is 6.15. The van der Waals surface area contributed by atoms with Crippen molar-refractivity contribution in [2.24, 2.45) is 0 Å². The van der Waals surface area contributed by atoms with Gasteiger partial charge in [-0.3, -0.25) is 0 Å². The van der Waals surface area contributed by atoms with Crippen molar-refractivity contribution in [1.82, 2.24) is 19.9 Å². The van der Waals surface area contributed by atoms with E-state index in [2.05, 4.69) is 24.2 Å². The quantitative estimate of drug-likeness (QED) is 0.522. The minimum Gasteiger partial charge on any atom is -0.444 e. The lowest BCUT2D eigenvalue weighted by Gasteiger charge is -2.26. The summed E-state index contributed by atoms with van der Waals surface area (Å²) in [5, 5.41) is 9.70. The molecule has 1 amide bonds. The van der Waals surface area contributed by atoms with Crippen LogP contribution in [0.2, 0.25) is 10.0 Å². The fourth-order valence-electron chi connectivity index (χ4n) is 3.71. The Bertz CT molecular complexity index is 920. The van der Waals surface area contributed by atoms with Crippen molar-refractivity contribution in [2.75, 3.05) is 13.1 Å². The number of hydrogen-bond acceptors (Lipinski definition) is 5. The van der Waals surface area contributed by atoms with Gasteiger partial charge >= 0.3 is 6.09 Å². The molecule has 7 nitrogen and oxygen atoms in total. The molecule has 1 aromatic carbocycles. The van der Waals surface area contributed by atoms with Crippen LogP contribution in [0.3, 0.4) is 0 Å². The van der Waals surface area contributed by atoms with Crippen molar-refractivity contribution >= 4 is 29.3 Å². The molecule has 1 fully saturated rings. The molecule has 1 aliphatic heterocycles. The van der Waals surface area contributed by atoms with Gasteiger partial charge in [-0.05, 0) is 58.1 Å². The lowest BCUT2D eigenvalue weighted by molar-refractivity contribution is 0.0181. The Hall–Kier alpha value is -1.83. The normalized spacial score (nSPS) is 17.5. The molecule has 0 spiro atoms. The molecule has 32 heavy (non-hydrogen) atoms. The molecular weight excluding hydrogens is 451 g/mol. The minimum absolute atomic E-state index is 0.0208. The van der Waals surface area contributed by atoms with E-state index in [-0.39, 0.29) is 18.1 Å². The molecule has 1 atom stereocenters. The first-order valence-electron chi connectivity index (χ1n) is 11.0. The third-order valence-electron chi connectivity index (χ3n) is 5.27. The maximum atomic E-state index is 12.4. The average Bonchev–Trinajstić information content (AvgIpc) is 2.95. The number of halogens is 2. The first-order valence-corrected chi connectivity index (χ1v) is 11.8. The molecular formula is C23H32Cl2N4O3. The van der Waals surface area contributed by atoms with Gasteiger partial charge in [-0.1, -0.05) is 48.3 Å². The minimum atomic E-state index is -0.502. The molecule has 0 aliphatic carbocycles. The molecule has 0 saturated carbocycles. The number of ether oxygens (including phenoxy) is 2. The van der Waals surface area contributed by atoms with Gasteiger partial charge < -0.3 is 14.4 Å². The molecule has 0 N–H and O–H groups in total.